The lowest BCUT2D eigenvalue weighted by Gasteiger charge is -2.27. The number of halogens is 1. The second kappa shape index (κ2) is 7.85. The summed E-state index contributed by atoms with van der Waals surface area (Å²) in [6.07, 6.45) is -0.499. The van der Waals surface area contributed by atoms with Crippen LogP contribution in [0.1, 0.15) is 25.5 Å². The van der Waals surface area contributed by atoms with Gasteiger partial charge in [-0.15, -0.1) is 0 Å². The molecule has 0 aromatic heterocycles. The number of hydrogen-bond donors (Lipinski definition) is 2. The largest absolute Gasteiger partial charge is 0.387 e. The van der Waals surface area contributed by atoms with Crippen LogP contribution in [0.3, 0.4) is 0 Å². The fourth-order valence-electron chi connectivity index (χ4n) is 1.97. The number of benzene rings is 1. The number of hydrogen-bond acceptors (Lipinski definition) is 3. The van der Waals surface area contributed by atoms with Crippen LogP contribution in [0.25, 0.3) is 0 Å². The van der Waals surface area contributed by atoms with Gasteiger partial charge in [-0.05, 0) is 37.7 Å². The average molecular weight is 285 g/mol. The predicted octanol–water partition coefficient (Wildman–Crippen LogP) is 2.55. The van der Waals surface area contributed by atoms with Crippen LogP contribution in [0.15, 0.2) is 24.3 Å². The van der Waals surface area contributed by atoms with Gasteiger partial charge in [0.2, 0.25) is 0 Å². The van der Waals surface area contributed by atoms with Crippen LogP contribution < -0.4 is 5.32 Å². The number of rotatable bonds is 7. The molecule has 0 radical (unpaired) electrons. The molecule has 1 rings (SSSR count). The van der Waals surface area contributed by atoms with Gasteiger partial charge in [0.15, 0.2) is 0 Å². The molecule has 2 unspecified atom stereocenters. The summed E-state index contributed by atoms with van der Waals surface area (Å²) in [4.78, 5) is 2.16. The molecular formula is C15H25ClN2O. The second-order valence-corrected chi connectivity index (χ2v) is 6.02. The summed E-state index contributed by atoms with van der Waals surface area (Å²) in [7, 11) is 4.12. The van der Waals surface area contributed by atoms with Crippen LogP contribution in [-0.4, -0.2) is 43.2 Å². The molecule has 0 aliphatic heterocycles. The topological polar surface area (TPSA) is 35.5 Å². The molecule has 4 heteroatoms. The average Bonchev–Trinajstić information content (AvgIpc) is 2.34. The standard InChI is InChI=1S/C15H25ClN2O/c1-11(2)14(10-18(3)4)17-9-15(19)12-5-7-13(16)8-6-12/h5-8,11,14-15,17,19H,9-10H2,1-4H3. The lowest BCUT2D eigenvalue weighted by Crippen LogP contribution is -2.43. The van der Waals surface area contributed by atoms with Gasteiger partial charge in [-0.2, -0.15) is 0 Å². The van der Waals surface area contributed by atoms with Crippen LogP contribution in [0.5, 0.6) is 0 Å². The van der Waals surface area contributed by atoms with E-state index >= 15 is 0 Å². The fourth-order valence-corrected chi connectivity index (χ4v) is 2.10. The number of likely N-dealkylation sites (N-methyl/N-ethyl adjacent to an activating group) is 1. The van der Waals surface area contributed by atoms with Gasteiger partial charge >= 0.3 is 0 Å². The van der Waals surface area contributed by atoms with E-state index in [2.05, 4.69) is 38.2 Å². The number of aliphatic hydroxyl groups is 1. The molecule has 0 saturated carbocycles. The van der Waals surface area contributed by atoms with Gasteiger partial charge in [-0.3, -0.25) is 0 Å². The van der Waals surface area contributed by atoms with Crippen molar-refractivity contribution in [2.24, 2.45) is 5.92 Å². The smallest absolute Gasteiger partial charge is 0.0914 e. The van der Waals surface area contributed by atoms with Crippen LogP contribution in [-0.2, 0) is 0 Å². The molecule has 1 aromatic carbocycles. The van der Waals surface area contributed by atoms with Crippen molar-refractivity contribution in [3.63, 3.8) is 0 Å². The molecule has 2 N–H and O–H groups in total. The molecule has 3 nitrogen and oxygen atoms in total. The van der Waals surface area contributed by atoms with Crippen molar-refractivity contribution >= 4 is 11.6 Å². The minimum Gasteiger partial charge on any atom is -0.387 e. The second-order valence-electron chi connectivity index (χ2n) is 5.59. The summed E-state index contributed by atoms with van der Waals surface area (Å²) >= 11 is 5.84. The minimum absolute atomic E-state index is 0.372. The third-order valence-electron chi connectivity index (χ3n) is 3.19. The normalized spacial score (nSPS) is 14.9. The Hall–Kier alpha value is -0.610. The van der Waals surface area contributed by atoms with Crippen LogP contribution in [0.4, 0.5) is 0 Å². The highest BCUT2D eigenvalue weighted by Gasteiger charge is 2.16. The molecule has 0 fully saturated rings. The summed E-state index contributed by atoms with van der Waals surface area (Å²) in [6.45, 7) is 5.90. The van der Waals surface area contributed by atoms with Gasteiger partial charge < -0.3 is 15.3 Å². The fraction of sp³-hybridized carbons (Fsp3) is 0.600. The molecule has 0 aliphatic carbocycles. The van der Waals surface area contributed by atoms with E-state index in [1.165, 1.54) is 0 Å². The van der Waals surface area contributed by atoms with E-state index in [4.69, 9.17) is 11.6 Å². The van der Waals surface area contributed by atoms with E-state index in [1.54, 1.807) is 12.1 Å². The summed E-state index contributed by atoms with van der Waals surface area (Å²) < 4.78 is 0. The number of nitrogens with zero attached hydrogens (tertiary/aromatic N) is 1. The zero-order chi connectivity index (χ0) is 14.4. The summed E-state index contributed by atoms with van der Waals surface area (Å²) in [5, 5.41) is 14.3. The van der Waals surface area contributed by atoms with Crippen LogP contribution in [0, 0.1) is 5.92 Å². The highest BCUT2D eigenvalue weighted by atomic mass is 35.5. The first kappa shape index (κ1) is 16.4. The number of aliphatic hydroxyl groups excluding tert-OH is 1. The molecule has 2 atom stereocenters. The molecule has 0 aliphatic rings. The Bertz CT molecular complexity index is 365. The Balaban J connectivity index is 2.51. The maximum Gasteiger partial charge on any atom is 0.0914 e. The van der Waals surface area contributed by atoms with Crippen LogP contribution in [0.2, 0.25) is 5.02 Å². The SMILES string of the molecule is CC(C)C(CN(C)C)NCC(O)c1ccc(Cl)cc1. The highest BCUT2D eigenvalue weighted by Crippen LogP contribution is 2.16. The van der Waals surface area contributed by atoms with Gasteiger partial charge in [0.25, 0.3) is 0 Å². The highest BCUT2D eigenvalue weighted by molar-refractivity contribution is 6.30. The van der Waals surface area contributed by atoms with Gasteiger partial charge in [0.05, 0.1) is 6.10 Å². The van der Waals surface area contributed by atoms with E-state index in [-0.39, 0.29) is 0 Å². The van der Waals surface area contributed by atoms with Crippen molar-refractivity contribution in [3.05, 3.63) is 34.9 Å². The Morgan fingerprint density at radius 2 is 1.79 bits per heavy atom. The van der Waals surface area contributed by atoms with Gasteiger partial charge in [0, 0.05) is 24.2 Å². The molecule has 0 bridgehead atoms. The van der Waals surface area contributed by atoms with Crippen molar-refractivity contribution in [2.75, 3.05) is 27.2 Å². The zero-order valence-electron chi connectivity index (χ0n) is 12.2. The molecule has 1 aromatic rings. The monoisotopic (exact) mass is 284 g/mol. The molecule has 0 spiro atoms. The first-order valence-electron chi connectivity index (χ1n) is 6.71. The molecule has 0 heterocycles. The van der Waals surface area contributed by atoms with E-state index < -0.39 is 6.10 Å². The van der Waals surface area contributed by atoms with E-state index in [1.807, 2.05) is 12.1 Å². The van der Waals surface area contributed by atoms with Crippen molar-refractivity contribution in [2.45, 2.75) is 26.0 Å². The molecule has 0 amide bonds. The quantitative estimate of drug-likeness (QED) is 0.808. The lowest BCUT2D eigenvalue weighted by atomic mass is 10.0. The number of nitrogens with one attached hydrogen (secondary N) is 1. The van der Waals surface area contributed by atoms with E-state index in [9.17, 15) is 5.11 Å². The first-order valence-corrected chi connectivity index (χ1v) is 7.09. The van der Waals surface area contributed by atoms with Crippen LogP contribution >= 0.6 is 11.6 Å². The van der Waals surface area contributed by atoms with Crippen molar-refractivity contribution in [1.82, 2.24) is 10.2 Å². The van der Waals surface area contributed by atoms with Crippen molar-refractivity contribution in [3.8, 4) is 0 Å². The zero-order valence-corrected chi connectivity index (χ0v) is 13.0. The molecule has 19 heavy (non-hydrogen) atoms. The summed E-state index contributed by atoms with van der Waals surface area (Å²) in [5.41, 5.74) is 0.893. The summed E-state index contributed by atoms with van der Waals surface area (Å²) in [5.74, 6) is 0.528. The Morgan fingerprint density at radius 3 is 2.26 bits per heavy atom. The van der Waals surface area contributed by atoms with E-state index in [0.717, 1.165) is 12.1 Å². The minimum atomic E-state index is -0.499. The Labute approximate surface area is 121 Å². The molecule has 0 saturated heterocycles. The third-order valence-corrected chi connectivity index (χ3v) is 3.45. The first-order chi connectivity index (χ1) is 8.90. The maximum atomic E-state index is 10.2. The summed E-state index contributed by atoms with van der Waals surface area (Å²) in [6, 6.07) is 7.72. The van der Waals surface area contributed by atoms with Gasteiger partial charge in [0.1, 0.15) is 0 Å². The Kier molecular flexibility index (Phi) is 6.80. The molecule has 108 valence electrons. The Morgan fingerprint density at radius 1 is 1.21 bits per heavy atom. The maximum absolute atomic E-state index is 10.2. The third kappa shape index (κ3) is 5.91. The van der Waals surface area contributed by atoms with Gasteiger partial charge in [-0.1, -0.05) is 37.6 Å². The van der Waals surface area contributed by atoms with Gasteiger partial charge in [-0.25, -0.2) is 0 Å². The lowest BCUT2D eigenvalue weighted by molar-refractivity contribution is 0.160. The van der Waals surface area contributed by atoms with Crippen molar-refractivity contribution < 1.29 is 5.11 Å². The van der Waals surface area contributed by atoms with Crippen molar-refractivity contribution in [1.29, 1.82) is 0 Å². The predicted molar refractivity (Wildman–Crippen MR) is 81.6 cm³/mol. The van der Waals surface area contributed by atoms with E-state index in [0.29, 0.717) is 23.5 Å². The molecular weight excluding hydrogens is 260 g/mol.